The Balaban J connectivity index is 1.68. The van der Waals surface area contributed by atoms with Crippen LogP contribution in [0.2, 0.25) is 0 Å². The van der Waals surface area contributed by atoms with Gasteiger partial charge in [0.2, 0.25) is 0 Å². The Hall–Kier alpha value is -1.17. The standard InChI is InChI=1S/C12H13N3S2/c13-10(5-9-1-3-16-8-9)6-11-7-15-2-4-17-12(15)14-11/h1-4,7-8,10H,5-6,13H2. The fraction of sp³-hybridized carbons (Fsp3) is 0.250. The van der Waals surface area contributed by atoms with Crippen LogP contribution in [0.4, 0.5) is 0 Å². The van der Waals surface area contributed by atoms with Gasteiger partial charge in [-0.25, -0.2) is 4.98 Å². The largest absolute Gasteiger partial charge is 0.327 e. The van der Waals surface area contributed by atoms with Crippen LogP contribution in [0.5, 0.6) is 0 Å². The highest BCUT2D eigenvalue weighted by Crippen LogP contribution is 2.14. The molecule has 3 nitrogen and oxygen atoms in total. The van der Waals surface area contributed by atoms with Crippen molar-refractivity contribution in [2.45, 2.75) is 18.9 Å². The molecule has 3 aromatic rings. The highest BCUT2D eigenvalue weighted by molar-refractivity contribution is 7.15. The van der Waals surface area contributed by atoms with Crippen LogP contribution in [0.1, 0.15) is 11.3 Å². The highest BCUT2D eigenvalue weighted by Gasteiger charge is 2.09. The molecule has 0 radical (unpaired) electrons. The molecule has 2 N–H and O–H groups in total. The number of nitrogens with two attached hydrogens (primary N) is 1. The second-order valence-electron chi connectivity index (χ2n) is 4.13. The summed E-state index contributed by atoms with van der Waals surface area (Å²) in [6, 6.07) is 2.28. The number of rotatable bonds is 4. The number of aromatic nitrogens is 2. The van der Waals surface area contributed by atoms with Gasteiger partial charge in [-0.2, -0.15) is 11.3 Å². The van der Waals surface area contributed by atoms with Gasteiger partial charge in [-0.1, -0.05) is 0 Å². The second kappa shape index (κ2) is 4.60. The van der Waals surface area contributed by atoms with Gasteiger partial charge in [0.1, 0.15) is 0 Å². The van der Waals surface area contributed by atoms with Crippen LogP contribution in [-0.4, -0.2) is 15.4 Å². The van der Waals surface area contributed by atoms with Crippen LogP contribution in [-0.2, 0) is 12.8 Å². The molecule has 0 saturated heterocycles. The van der Waals surface area contributed by atoms with Gasteiger partial charge < -0.3 is 5.73 Å². The third-order valence-electron chi connectivity index (χ3n) is 2.69. The van der Waals surface area contributed by atoms with E-state index in [0.717, 1.165) is 23.5 Å². The first-order valence-corrected chi connectivity index (χ1v) is 7.31. The monoisotopic (exact) mass is 263 g/mol. The Morgan fingerprint density at radius 2 is 2.29 bits per heavy atom. The number of fused-ring (bicyclic) bond motifs is 1. The molecule has 0 aliphatic rings. The third-order valence-corrected chi connectivity index (χ3v) is 4.20. The summed E-state index contributed by atoms with van der Waals surface area (Å²) < 4.78 is 2.05. The van der Waals surface area contributed by atoms with E-state index < -0.39 is 0 Å². The number of nitrogens with zero attached hydrogens (tertiary/aromatic N) is 2. The van der Waals surface area contributed by atoms with Crippen molar-refractivity contribution in [3.63, 3.8) is 0 Å². The molecule has 3 aromatic heterocycles. The smallest absolute Gasteiger partial charge is 0.193 e. The molecule has 3 rings (SSSR count). The van der Waals surface area contributed by atoms with E-state index in [9.17, 15) is 0 Å². The SMILES string of the molecule is NC(Cc1ccsc1)Cc1cn2ccsc2n1. The van der Waals surface area contributed by atoms with Gasteiger partial charge in [0.25, 0.3) is 0 Å². The summed E-state index contributed by atoms with van der Waals surface area (Å²) in [7, 11) is 0. The zero-order valence-electron chi connectivity index (χ0n) is 9.24. The molecule has 0 aliphatic heterocycles. The Morgan fingerprint density at radius 3 is 3.06 bits per heavy atom. The van der Waals surface area contributed by atoms with Crippen molar-refractivity contribution < 1.29 is 0 Å². The van der Waals surface area contributed by atoms with Crippen molar-refractivity contribution in [2.75, 3.05) is 0 Å². The molecule has 0 amide bonds. The first kappa shape index (κ1) is 11.0. The third kappa shape index (κ3) is 2.41. The number of imidazole rings is 1. The lowest BCUT2D eigenvalue weighted by Gasteiger charge is -2.07. The van der Waals surface area contributed by atoms with Crippen LogP contribution < -0.4 is 5.73 Å². The van der Waals surface area contributed by atoms with Crippen LogP contribution in [0.3, 0.4) is 0 Å². The van der Waals surface area contributed by atoms with Crippen LogP contribution >= 0.6 is 22.7 Å². The van der Waals surface area contributed by atoms with Crippen LogP contribution in [0, 0.1) is 0 Å². The molecule has 0 spiro atoms. The van der Waals surface area contributed by atoms with E-state index in [4.69, 9.17) is 5.73 Å². The van der Waals surface area contributed by atoms with Gasteiger partial charge in [0.15, 0.2) is 4.96 Å². The van der Waals surface area contributed by atoms with E-state index in [1.807, 2.05) is 11.6 Å². The topological polar surface area (TPSA) is 43.3 Å². The molecular formula is C12H13N3S2. The molecule has 0 fully saturated rings. The summed E-state index contributed by atoms with van der Waals surface area (Å²) >= 11 is 3.37. The Labute approximate surface area is 108 Å². The fourth-order valence-corrected chi connectivity index (χ4v) is 3.33. The highest BCUT2D eigenvalue weighted by atomic mass is 32.1. The molecule has 5 heteroatoms. The number of hydrogen-bond acceptors (Lipinski definition) is 4. The molecule has 0 saturated carbocycles. The van der Waals surface area contributed by atoms with Gasteiger partial charge in [-0.3, -0.25) is 4.40 Å². The predicted molar refractivity (Wildman–Crippen MR) is 72.8 cm³/mol. The average molecular weight is 263 g/mol. The van der Waals surface area contributed by atoms with E-state index in [0.29, 0.717) is 0 Å². The number of hydrogen-bond donors (Lipinski definition) is 1. The summed E-state index contributed by atoms with van der Waals surface area (Å²) in [5.41, 5.74) is 8.55. The van der Waals surface area contributed by atoms with Gasteiger partial charge in [0.05, 0.1) is 5.69 Å². The molecule has 88 valence electrons. The van der Waals surface area contributed by atoms with E-state index in [1.165, 1.54) is 5.56 Å². The van der Waals surface area contributed by atoms with Gasteiger partial charge in [-0.05, 0) is 28.8 Å². The second-order valence-corrected chi connectivity index (χ2v) is 5.78. The molecule has 0 aliphatic carbocycles. The Morgan fingerprint density at radius 1 is 1.35 bits per heavy atom. The molecule has 17 heavy (non-hydrogen) atoms. The Kier molecular flexibility index (Phi) is 2.96. The Bertz CT molecular complexity index is 566. The molecule has 0 aromatic carbocycles. The van der Waals surface area contributed by atoms with E-state index >= 15 is 0 Å². The van der Waals surface area contributed by atoms with Gasteiger partial charge in [-0.15, -0.1) is 11.3 Å². The lowest BCUT2D eigenvalue weighted by molar-refractivity contribution is 0.658. The summed E-state index contributed by atoms with van der Waals surface area (Å²) in [4.78, 5) is 5.59. The van der Waals surface area contributed by atoms with Crippen molar-refractivity contribution in [1.82, 2.24) is 9.38 Å². The quantitative estimate of drug-likeness (QED) is 0.786. The average Bonchev–Trinajstić information content (AvgIpc) is 2.92. The fourth-order valence-electron chi connectivity index (χ4n) is 1.93. The first-order chi connectivity index (χ1) is 8.31. The summed E-state index contributed by atoms with van der Waals surface area (Å²) in [5, 5.41) is 6.29. The van der Waals surface area contributed by atoms with Crippen molar-refractivity contribution in [1.29, 1.82) is 0 Å². The summed E-state index contributed by atoms with van der Waals surface area (Å²) in [6.45, 7) is 0. The maximum atomic E-state index is 6.15. The molecule has 1 unspecified atom stereocenters. The normalized spacial score (nSPS) is 13.2. The molecule has 3 heterocycles. The summed E-state index contributed by atoms with van der Waals surface area (Å²) in [6.07, 6.45) is 5.86. The van der Waals surface area contributed by atoms with E-state index in [1.54, 1.807) is 22.7 Å². The lowest BCUT2D eigenvalue weighted by Crippen LogP contribution is -2.25. The van der Waals surface area contributed by atoms with Gasteiger partial charge in [0, 0.05) is 30.2 Å². The minimum atomic E-state index is 0.147. The maximum absolute atomic E-state index is 6.15. The maximum Gasteiger partial charge on any atom is 0.193 e. The minimum Gasteiger partial charge on any atom is -0.327 e. The molecular weight excluding hydrogens is 250 g/mol. The van der Waals surface area contributed by atoms with E-state index in [2.05, 4.69) is 32.4 Å². The predicted octanol–water partition coefficient (Wildman–Crippen LogP) is 2.57. The summed E-state index contributed by atoms with van der Waals surface area (Å²) in [5.74, 6) is 0. The minimum absolute atomic E-state index is 0.147. The van der Waals surface area contributed by atoms with Crippen LogP contribution in [0.25, 0.3) is 4.96 Å². The zero-order valence-corrected chi connectivity index (χ0v) is 10.9. The zero-order chi connectivity index (χ0) is 11.7. The first-order valence-electron chi connectivity index (χ1n) is 5.49. The number of thiophene rings is 1. The molecule has 0 bridgehead atoms. The van der Waals surface area contributed by atoms with Crippen molar-refractivity contribution in [3.8, 4) is 0 Å². The van der Waals surface area contributed by atoms with Crippen LogP contribution in [0.15, 0.2) is 34.6 Å². The number of thiazole rings is 1. The van der Waals surface area contributed by atoms with Crippen molar-refractivity contribution in [3.05, 3.63) is 45.9 Å². The van der Waals surface area contributed by atoms with E-state index in [-0.39, 0.29) is 6.04 Å². The van der Waals surface area contributed by atoms with Gasteiger partial charge >= 0.3 is 0 Å². The molecule has 1 atom stereocenters. The van der Waals surface area contributed by atoms with Crippen molar-refractivity contribution in [2.24, 2.45) is 5.73 Å². The lowest BCUT2D eigenvalue weighted by atomic mass is 10.1. The van der Waals surface area contributed by atoms with Crippen molar-refractivity contribution >= 4 is 27.6 Å².